The van der Waals surface area contributed by atoms with Crippen molar-refractivity contribution in [2.24, 2.45) is 0 Å². The van der Waals surface area contributed by atoms with Gasteiger partial charge < -0.3 is 9.32 Å². The van der Waals surface area contributed by atoms with Gasteiger partial charge in [0.15, 0.2) is 5.58 Å². The van der Waals surface area contributed by atoms with Crippen molar-refractivity contribution in [2.75, 3.05) is 4.90 Å². The Morgan fingerprint density at radius 1 is 0.510 bits per heavy atom. The van der Waals surface area contributed by atoms with Crippen molar-refractivity contribution in [3.05, 3.63) is 174 Å². The van der Waals surface area contributed by atoms with Gasteiger partial charge in [0, 0.05) is 33.1 Å². The largest absolute Gasteiger partial charge is 0.453 e. The molecule has 0 N–H and O–H groups in total. The molecule has 0 saturated carbocycles. The summed E-state index contributed by atoms with van der Waals surface area (Å²) in [4.78, 5) is 2.44. The lowest BCUT2D eigenvalue weighted by atomic mass is 9.80. The van der Waals surface area contributed by atoms with Crippen molar-refractivity contribution < 1.29 is 4.42 Å². The number of para-hydroxylation sites is 2. The zero-order valence-corrected chi connectivity index (χ0v) is 29.1. The summed E-state index contributed by atoms with van der Waals surface area (Å²) in [5.74, 6) is 0. The Labute approximate surface area is 299 Å². The molecule has 246 valence electrons. The van der Waals surface area contributed by atoms with Crippen molar-refractivity contribution in [3.63, 3.8) is 0 Å². The van der Waals surface area contributed by atoms with E-state index in [0.29, 0.717) is 0 Å². The van der Waals surface area contributed by atoms with Gasteiger partial charge >= 0.3 is 0 Å². The molecule has 2 heteroatoms. The maximum Gasteiger partial charge on any atom is 0.159 e. The second-order valence-corrected chi connectivity index (χ2v) is 14.7. The van der Waals surface area contributed by atoms with Gasteiger partial charge in [-0.05, 0) is 106 Å². The Kier molecular flexibility index (Phi) is 6.83. The SMILES string of the molecule is CC1(C)c2ccccc2-c2cc3c(oc4c(-c5cccc6c5CCCC6)cccc43)c(N(c3ccccc3)c3ccc(-c4ccccc4)cc3)c21. The van der Waals surface area contributed by atoms with Gasteiger partial charge in [0.05, 0.1) is 5.69 Å². The van der Waals surface area contributed by atoms with Gasteiger partial charge in [0.1, 0.15) is 5.58 Å². The molecule has 1 heterocycles. The third-order valence-electron chi connectivity index (χ3n) is 11.4. The number of furan rings is 1. The molecular formula is C49H39NO. The molecule has 7 aromatic carbocycles. The van der Waals surface area contributed by atoms with Crippen LogP contribution >= 0.6 is 0 Å². The minimum atomic E-state index is -0.257. The highest BCUT2D eigenvalue weighted by molar-refractivity contribution is 6.17. The first-order chi connectivity index (χ1) is 25.1. The van der Waals surface area contributed by atoms with Gasteiger partial charge in [-0.1, -0.05) is 135 Å². The molecule has 10 rings (SSSR count). The number of rotatable bonds is 5. The van der Waals surface area contributed by atoms with Crippen LogP contribution in [0.25, 0.3) is 55.3 Å². The van der Waals surface area contributed by atoms with Crippen LogP contribution in [0.2, 0.25) is 0 Å². The first kappa shape index (κ1) is 30.0. The monoisotopic (exact) mass is 657 g/mol. The average molecular weight is 658 g/mol. The molecule has 2 aliphatic rings. The highest BCUT2D eigenvalue weighted by atomic mass is 16.3. The van der Waals surface area contributed by atoms with Crippen LogP contribution in [0.3, 0.4) is 0 Å². The van der Waals surface area contributed by atoms with E-state index in [2.05, 4.69) is 170 Å². The van der Waals surface area contributed by atoms with Crippen LogP contribution in [0.5, 0.6) is 0 Å². The predicted molar refractivity (Wildman–Crippen MR) is 213 cm³/mol. The standard InChI is InChI=1S/C49H39NO/c1-49(2)44-26-12-11-22-39(44)42-31-43-41-25-14-24-40(38-23-13-18-34-17-9-10-21-37(34)38)47(41)51-48(43)46(45(42)49)50(35-19-7-4-8-20-35)36-29-27-33(28-30-36)32-15-5-3-6-16-32/h3-8,11-16,18-20,22-31H,9-10,17,21H2,1-2H3. The Bertz CT molecular complexity index is 2590. The fourth-order valence-corrected chi connectivity index (χ4v) is 9.03. The van der Waals surface area contributed by atoms with Crippen LogP contribution in [-0.2, 0) is 18.3 Å². The summed E-state index contributed by atoms with van der Waals surface area (Å²) < 4.78 is 7.35. The van der Waals surface area contributed by atoms with Crippen molar-refractivity contribution in [2.45, 2.75) is 44.9 Å². The molecule has 0 fully saturated rings. The second kappa shape index (κ2) is 11.6. The van der Waals surface area contributed by atoms with Crippen LogP contribution in [0.1, 0.15) is 48.9 Å². The molecule has 1 aromatic heterocycles. The normalized spacial score (nSPS) is 14.3. The topological polar surface area (TPSA) is 16.4 Å². The smallest absolute Gasteiger partial charge is 0.159 e. The molecule has 8 aromatic rings. The first-order valence-corrected chi connectivity index (χ1v) is 18.3. The third kappa shape index (κ3) is 4.63. The van der Waals surface area contributed by atoms with E-state index in [4.69, 9.17) is 4.42 Å². The number of benzene rings is 7. The maximum atomic E-state index is 7.35. The molecule has 0 spiro atoms. The number of anilines is 3. The molecule has 0 unspecified atom stereocenters. The minimum absolute atomic E-state index is 0.257. The zero-order valence-electron chi connectivity index (χ0n) is 29.1. The summed E-state index contributed by atoms with van der Waals surface area (Å²) in [6.45, 7) is 4.75. The molecule has 0 saturated heterocycles. The molecule has 0 radical (unpaired) electrons. The molecular weight excluding hydrogens is 619 g/mol. The van der Waals surface area contributed by atoms with E-state index in [1.165, 1.54) is 68.5 Å². The fraction of sp³-hybridized carbons (Fsp3) is 0.143. The van der Waals surface area contributed by atoms with Gasteiger partial charge in [-0.15, -0.1) is 0 Å². The number of aryl methyl sites for hydroxylation is 1. The van der Waals surface area contributed by atoms with Gasteiger partial charge in [-0.25, -0.2) is 0 Å². The van der Waals surface area contributed by atoms with E-state index in [-0.39, 0.29) is 5.41 Å². The van der Waals surface area contributed by atoms with Crippen LogP contribution in [0, 0.1) is 0 Å². The minimum Gasteiger partial charge on any atom is -0.453 e. The van der Waals surface area contributed by atoms with E-state index in [1.54, 1.807) is 0 Å². The number of nitrogens with zero attached hydrogens (tertiary/aromatic N) is 1. The predicted octanol–water partition coefficient (Wildman–Crippen LogP) is 13.6. The average Bonchev–Trinajstić information content (AvgIpc) is 3.68. The fourth-order valence-electron chi connectivity index (χ4n) is 9.03. The van der Waals surface area contributed by atoms with Crippen molar-refractivity contribution in [1.29, 1.82) is 0 Å². The molecule has 0 aliphatic heterocycles. The summed E-state index contributed by atoms with van der Waals surface area (Å²) >= 11 is 0. The second-order valence-electron chi connectivity index (χ2n) is 14.7. The van der Waals surface area contributed by atoms with Crippen LogP contribution in [0.15, 0.2) is 156 Å². The number of hydrogen-bond acceptors (Lipinski definition) is 2. The van der Waals surface area contributed by atoms with Gasteiger partial charge in [0.2, 0.25) is 0 Å². The molecule has 0 atom stereocenters. The lowest BCUT2D eigenvalue weighted by Crippen LogP contribution is -2.21. The molecule has 51 heavy (non-hydrogen) atoms. The Morgan fingerprint density at radius 3 is 1.98 bits per heavy atom. The summed E-state index contributed by atoms with van der Waals surface area (Å²) in [5, 5.41) is 2.31. The molecule has 0 bridgehead atoms. The summed E-state index contributed by atoms with van der Waals surface area (Å²) in [6.07, 6.45) is 4.77. The van der Waals surface area contributed by atoms with E-state index in [0.717, 1.165) is 51.8 Å². The molecule has 0 amide bonds. The van der Waals surface area contributed by atoms with E-state index in [9.17, 15) is 0 Å². The zero-order chi connectivity index (χ0) is 34.1. The Morgan fingerprint density at radius 2 is 1.16 bits per heavy atom. The Hall–Kier alpha value is -5.86. The lowest BCUT2D eigenvalue weighted by Gasteiger charge is -2.32. The molecule has 2 aliphatic carbocycles. The van der Waals surface area contributed by atoms with E-state index < -0.39 is 0 Å². The van der Waals surface area contributed by atoms with Crippen molar-refractivity contribution in [1.82, 2.24) is 0 Å². The lowest BCUT2D eigenvalue weighted by molar-refractivity contribution is 0.648. The van der Waals surface area contributed by atoms with Gasteiger partial charge in [-0.3, -0.25) is 0 Å². The van der Waals surface area contributed by atoms with Crippen LogP contribution in [-0.4, -0.2) is 0 Å². The van der Waals surface area contributed by atoms with E-state index in [1.807, 2.05) is 0 Å². The van der Waals surface area contributed by atoms with Gasteiger partial charge in [-0.2, -0.15) is 0 Å². The summed E-state index contributed by atoms with van der Waals surface area (Å²) in [6, 6.07) is 55.4. The third-order valence-corrected chi connectivity index (χ3v) is 11.4. The highest BCUT2D eigenvalue weighted by Gasteiger charge is 2.41. The maximum absolute atomic E-state index is 7.35. The van der Waals surface area contributed by atoms with E-state index >= 15 is 0 Å². The quantitative estimate of drug-likeness (QED) is 0.183. The number of hydrogen-bond donors (Lipinski definition) is 0. The van der Waals surface area contributed by atoms with Gasteiger partial charge in [0.25, 0.3) is 0 Å². The summed E-state index contributed by atoms with van der Waals surface area (Å²) in [5.41, 5.74) is 18.1. The Balaban J connectivity index is 1.30. The molecule has 2 nitrogen and oxygen atoms in total. The highest BCUT2D eigenvalue weighted by Crippen LogP contribution is 2.58. The van der Waals surface area contributed by atoms with Crippen molar-refractivity contribution >= 4 is 39.0 Å². The van der Waals surface area contributed by atoms with Crippen LogP contribution in [0.4, 0.5) is 17.1 Å². The first-order valence-electron chi connectivity index (χ1n) is 18.3. The number of fused-ring (bicyclic) bond motifs is 7. The van der Waals surface area contributed by atoms with Crippen molar-refractivity contribution in [3.8, 4) is 33.4 Å². The summed E-state index contributed by atoms with van der Waals surface area (Å²) in [7, 11) is 0. The van der Waals surface area contributed by atoms with Crippen LogP contribution < -0.4 is 4.90 Å².